The molecule has 0 atom stereocenters. The van der Waals surface area contributed by atoms with E-state index < -0.39 is 44.2 Å². The molecule has 2 rings (SSSR count). The van der Waals surface area contributed by atoms with E-state index in [2.05, 4.69) is 0 Å². The van der Waals surface area contributed by atoms with Gasteiger partial charge in [0.1, 0.15) is 4.90 Å². The minimum Gasteiger partial charge on any atom is -0.258 e. The van der Waals surface area contributed by atoms with E-state index in [4.69, 9.17) is 15.9 Å². The summed E-state index contributed by atoms with van der Waals surface area (Å²) < 4.78 is 48.7. The normalized spacial score (nSPS) is 11.7. The summed E-state index contributed by atoms with van der Waals surface area (Å²) in [4.78, 5) is 7.82. The number of nitrogens with zero attached hydrogens (tertiary/aromatic N) is 2. The number of hydrogen-bond acceptors (Lipinski definition) is 7. The molecule has 0 unspecified atom stereocenters. The zero-order valence-corrected chi connectivity index (χ0v) is 14.0. The van der Waals surface area contributed by atoms with Gasteiger partial charge in [-0.25, -0.2) is 16.8 Å². The van der Waals surface area contributed by atoms with Gasteiger partial charge in [-0.2, -0.15) is 5.26 Å². The molecule has 0 spiro atoms. The van der Waals surface area contributed by atoms with Crippen molar-refractivity contribution in [3.05, 3.63) is 58.1 Å². The minimum absolute atomic E-state index is 0.168. The molecule has 0 fully saturated rings. The Morgan fingerprint density at radius 2 is 1.62 bits per heavy atom. The van der Waals surface area contributed by atoms with Crippen LogP contribution in [0.25, 0.3) is 0 Å². The highest BCUT2D eigenvalue weighted by Gasteiger charge is 2.35. The maximum atomic E-state index is 12.7. The Balaban J connectivity index is 2.87. The number of nitro benzene ring substituents is 1. The van der Waals surface area contributed by atoms with Crippen molar-refractivity contribution in [2.75, 3.05) is 0 Å². The fourth-order valence-electron chi connectivity index (χ4n) is 1.94. The minimum atomic E-state index is -4.57. The molecule has 124 valence electrons. The largest absolute Gasteiger partial charge is 0.289 e. The molecule has 24 heavy (non-hydrogen) atoms. The molecule has 2 aromatic carbocycles. The highest BCUT2D eigenvalue weighted by Crippen LogP contribution is 2.36. The van der Waals surface area contributed by atoms with E-state index in [0.717, 1.165) is 30.3 Å². The van der Waals surface area contributed by atoms with Crippen LogP contribution in [-0.4, -0.2) is 21.8 Å². The Labute approximate surface area is 141 Å². The smallest absolute Gasteiger partial charge is 0.258 e. The van der Waals surface area contributed by atoms with Crippen LogP contribution in [0.1, 0.15) is 5.56 Å². The first-order chi connectivity index (χ1) is 11.1. The van der Waals surface area contributed by atoms with Crippen molar-refractivity contribution < 1.29 is 21.8 Å². The Kier molecular flexibility index (Phi) is 4.61. The zero-order chi connectivity index (χ0) is 18.1. The number of hydrogen-bond donors (Lipinski definition) is 0. The van der Waals surface area contributed by atoms with Crippen LogP contribution in [0.5, 0.6) is 0 Å². The van der Waals surface area contributed by atoms with Gasteiger partial charge in [-0.1, -0.05) is 6.07 Å². The van der Waals surface area contributed by atoms with Crippen LogP contribution >= 0.6 is 10.7 Å². The maximum absolute atomic E-state index is 12.7. The van der Waals surface area contributed by atoms with Gasteiger partial charge in [-0.05, 0) is 30.3 Å². The second kappa shape index (κ2) is 6.20. The zero-order valence-electron chi connectivity index (χ0n) is 11.6. The number of halogens is 1. The number of sulfone groups is 1. The summed E-state index contributed by atoms with van der Waals surface area (Å²) in [6, 6.07) is 9.02. The highest BCUT2D eigenvalue weighted by atomic mass is 35.7. The van der Waals surface area contributed by atoms with Crippen LogP contribution in [0.3, 0.4) is 0 Å². The van der Waals surface area contributed by atoms with E-state index >= 15 is 0 Å². The molecule has 11 heteroatoms. The molecule has 0 saturated heterocycles. The Hall–Kier alpha value is -2.48. The first-order valence-corrected chi connectivity index (χ1v) is 9.85. The van der Waals surface area contributed by atoms with Crippen LogP contribution in [0.4, 0.5) is 5.69 Å². The standard InChI is InChI=1S/C13H7ClN2O6S2/c14-24(21,22)12-3-1-2-11(16(17)18)13(12)23(19,20)10-6-4-9(8-15)5-7-10/h1-7H. The van der Waals surface area contributed by atoms with Crippen molar-refractivity contribution in [1.29, 1.82) is 5.26 Å². The number of nitriles is 1. The van der Waals surface area contributed by atoms with Crippen LogP contribution in [0.2, 0.25) is 0 Å². The highest BCUT2D eigenvalue weighted by molar-refractivity contribution is 8.14. The van der Waals surface area contributed by atoms with Gasteiger partial charge < -0.3 is 0 Å². The van der Waals surface area contributed by atoms with Crippen molar-refractivity contribution in [3.8, 4) is 6.07 Å². The SMILES string of the molecule is N#Cc1ccc(S(=O)(=O)c2c([N+](=O)[O-])cccc2S(=O)(=O)Cl)cc1. The molecule has 0 N–H and O–H groups in total. The Morgan fingerprint density at radius 3 is 2.08 bits per heavy atom. The molecule has 0 bridgehead atoms. The van der Waals surface area contributed by atoms with Gasteiger partial charge in [-0.15, -0.1) is 0 Å². The third kappa shape index (κ3) is 3.23. The average Bonchev–Trinajstić information content (AvgIpc) is 2.53. The summed E-state index contributed by atoms with van der Waals surface area (Å²) >= 11 is 0. The quantitative estimate of drug-likeness (QED) is 0.446. The lowest BCUT2D eigenvalue weighted by molar-refractivity contribution is -0.388. The van der Waals surface area contributed by atoms with Gasteiger partial charge >= 0.3 is 0 Å². The van der Waals surface area contributed by atoms with Gasteiger partial charge in [0, 0.05) is 16.7 Å². The first kappa shape index (κ1) is 17.9. The lowest BCUT2D eigenvalue weighted by atomic mass is 10.2. The van der Waals surface area contributed by atoms with Gasteiger partial charge in [0.05, 0.1) is 21.5 Å². The third-order valence-electron chi connectivity index (χ3n) is 2.98. The van der Waals surface area contributed by atoms with Crippen LogP contribution in [-0.2, 0) is 18.9 Å². The molecular weight excluding hydrogens is 380 g/mol. The summed E-state index contributed by atoms with van der Waals surface area (Å²) in [6.07, 6.45) is 0. The fourth-order valence-corrected chi connectivity index (χ4v) is 5.17. The second-order valence-corrected chi connectivity index (χ2v) is 8.86. The third-order valence-corrected chi connectivity index (χ3v) is 6.33. The van der Waals surface area contributed by atoms with Crippen molar-refractivity contribution in [3.63, 3.8) is 0 Å². The summed E-state index contributed by atoms with van der Waals surface area (Å²) in [5, 5.41) is 19.9. The van der Waals surface area contributed by atoms with E-state index in [-0.39, 0.29) is 5.56 Å². The lowest BCUT2D eigenvalue weighted by Crippen LogP contribution is -2.10. The van der Waals surface area contributed by atoms with Gasteiger partial charge in [0.2, 0.25) is 9.84 Å². The van der Waals surface area contributed by atoms with Crippen molar-refractivity contribution >= 4 is 35.3 Å². The van der Waals surface area contributed by atoms with E-state index in [1.807, 2.05) is 0 Å². The monoisotopic (exact) mass is 386 g/mol. The van der Waals surface area contributed by atoms with Crippen LogP contribution < -0.4 is 0 Å². The first-order valence-electron chi connectivity index (χ1n) is 6.06. The number of benzene rings is 2. The van der Waals surface area contributed by atoms with Crippen molar-refractivity contribution in [1.82, 2.24) is 0 Å². The molecule has 0 amide bonds. The number of rotatable bonds is 4. The molecule has 0 radical (unpaired) electrons. The van der Waals surface area contributed by atoms with Crippen LogP contribution in [0, 0.1) is 21.4 Å². The topological polar surface area (TPSA) is 135 Å². The summed E-state index contributed by atoms with van der Waals surface area (Å²) in [5.74, 6) is 0. The summed E-state index contributed by atoms with van der Waals surface area (Å²) in [7, 11) is -3.90. The fraction of sp³-hybridized carbons (Fsp3) is 0. The predicted octanol–water partition coefficient (Wildman–Crippen LogP) is 2.23. The molecule has 0 aliphatic carbocycles. The van der Waals surface area contributed by atoms with E-state index in [9.17, 15) is 26.9 Å². The maximum Gasteiger partial charge on any atom is 0.289 e. The van der Waals surface area contributed by atoms with Crippen molar-refractivity contribution in [2.24, 2.45) is 0 Å². The molecular formula is C13H7ClN2O6S2. The average molecular weight is 387 g/mol. The molecule has 0 aliphatic rings. The Bertz CT molecular complexity index is 1070. The number of nitro groups is 1. The summed E-state index contributed by atoms with van der Waals surface area (Å²) in [6.45, 7) is 0. The second-order valence-electron chi connectivity index (χ2n) is 4.44. The van der Waals surface area contributed by atoms with E-state index in [1.54, 1.807) is 6.07 Å². The molecule has 0 heterocycles. The lowest BCUT2D eigenvalue weighted by Gasteiger charge is -2.09. The van der Waals surface area contributed by atoms with E-state index in [1.165, 1.54) is 12.1 Å². The van der Waals surface area contributed by atoms with Gasteiger partial charge in [0.15, 0.2) is 4.90 Å². The van der Waals surface area contributed by atoms with E-state index in [0.29, 0.717) is 0 Å². The van der Waals surface area contributed by atoms with Gasteiger partial charge in [0.25, 0.3) is 14.7 Å². The van der Waals surface area contributed by atoms with Crippen molar-refractivity contribution in [2.45, 2.75) is 14.7 Å². The molecule has 0 saturated carbocycles. The molecule has 8 nitrogen and oxygen atoms in total. The molecule has 0 aliphatic heterocycles. The predicted molar refractivity (Wildman–Crippen MR) is 82.7 cm³/mol. The van der Waals surface area contributed by atoms with Crippen LogP contribution in [0.15, 0.2) is 57.2 Å². The molecule has 0 aromatic heterocycles. The Morgan fingerprint density at radius 1 is 1.04 bits per heavy atom. The van der Waals surface area contributed by atoms with Gasteiger partial charge in [-0.3, -0.25) is 10.1 Å². The summed E-state index contributed by atoms with van der Waals surface area (Å²) in [5.41, 5.74) is -0.747. The molecule has 2 aromatic rings.